The molecular weight excluding hydrogens is 423 g/mol. The minimum Gasteiger partial charge on any atom is -0.482 e. The van der Waals surface area contributed by atoms with Crippen molar-refractivity contribution in [1.82, 2.24) is 4.90 Å². The molecule has 154 valence electrons. The number of rotatable bonds is 12. The normalized spacial score (nSPS) is 11.6. The smallest absolute Gasteiger partial charge is 0.428 e. The molecule has 0 heterocycles. The van der Waals surface area contributed by atoms with Gasteiger partial charge in [0.15, 0.2) is 6.61 Å². The molecule has 0 radical (unpaired) electrons. The minimum atomic E-state index is -3.78. The molecule has 0 bridgehead atoms. The Morgan fingerprint density at radius 3 is 2.30 bits per heavy atom. The van der Waals surface area contributed by atoms with Crippen molar-refractivity contribution in [2.45, 2.75) is 50.5 Å². The molecule has 9 heteroatoms. The minimum absolute atomic E-state index is 0.0601. The van der Waals surface area contributed by atoms with Crippen molar-refractivity contribution in [2.24, 2.45) is 0 Å². The van der Waals surface area contributed by atoms with Crippen molar-refractivity contribution in [3.8, 4) is 11.5 Å². The first kappa shape index (κ1) is 24.1. The molecule has 0 atom stereocenters. The summed E-state index contributed by atoms with van der Waals surface area (Å²) in [5.41, 5.74) is 0. The molecule has 0 spiro atoms. The highest BCUT2D eigenvalue weighted by Gasteiger charge is 2.40. The molecule has 1 aromatic rings. The second-order valence-corrected chi connectivity index (χ2v) is 7.44. The second kappa shape index (κ2) is 11.8. The molecule has 0 unspecified atom stereocenters. The van der Waals surface area contributed by atoms with E-state index in [0.29, 0.717) is 13.1 Å². The van der Waals surface area contributed by atoms with Crippen LogP contribution in [0.15, 0.2) is 18.2 Å². The number of benzene rings is 1. The zero-order valence-corrected chi connectivity index (χ0v) is 17.6. The van der Waals surface area contributed by atoms with Gasteiger partial charge in [-0.1, -0.05) is 61.5 Å². The number of unbranched alkanes of at least 4 members (excludes halogenated alkanes) is 2. The molecule has 1 amide bonds. The molecule has 4 nitrogen and oxygen atoms in total. The zero-order valence-electron chi connectivity index (χ0n) is 15.3. The van der Waals surface area contributed by atoms with E-state index in [1.165, 1.54) is 18.2 Å². The lowest BCUT2D eigenvalue weighted by molar-refractivity contribution is -0.163. The number of halogens is 5. The summed E-state index contributed by atoms with van der Waals surface area (Å²) < 4.78 is 36.9. The Morgan fingerprint density at radius 2 is 1.78 bits per heavy atom. The van der Waals surface area contributed by atoms with Crippen molar-refractivity contribution in [3.63, 3.8) is 0 Å². The van der Waals surface area contributed by atoms with Crippen molar-refractivity contribution in [1.29, 1.82) is 0 Å². The van der Waals surface area contributed by atoms with Crippen LogP contribution in [-0.2, 0) is 4.79 Å². The summed E-state index contributed by atoms with van der Waals surface area (Å²) in [6.07, 6.45) is -0.0446. The fourth-order valence-corrected chi connectivity index (χ4v) is 2.41. The van der Waals surface area contributed by atoms with Gasteiger partial charge in [-0.15, -0.1) is 0 Å². The Labute approximate surface area is 173 Å². The van der Waals surface area contributed by atoms with Gasteiger partial charge < -0.3 is 14.4 Å². The molecule has 1 aromatic carbocycles. The van der Waals surface area contributed by atoms with Crippen molar-refractivity contribution in [3.05, 3.63) is 23.2 Å². The highest BCUT2D eigenvalue weighted by Crippen LogP contribution is 2.34. The van der Waals surface area contributed by atoms with Gasteiger partial charge in [-0.05, 0) is 25.0 Å². The summed E-state index contributed by atoms with van der Waals surface area (Å²) in [4.78, 5) is 12.1. The highest BCUT2D eigenvalue weighted by molar-refractivity contribution is 6.44. The van der Waals surface area contributed by atoms with Crippen LogP contribution in [0.1, 0.15) is 39.5 Å². The van der Waals surface area contributed by atoms with Gasteiger partial charge in [-0.2, -0.15) is 8.78 Å². The van der Waals surface area contributed by atoms with E-state index in [1.807, 2.05) is 13.8 Å². The molecule has 0 aliphatic rings. The summed E-state index contributed by atoms with van der Waals surface area (Å²) in [6, 6.07) is 3.73. The Balaban J connectivity index is 2.76. The number of ether oxygens (including phenoxy) is 2. The van der Waals surface area contributed by atoms with E-state index in [1.54, 1.807) is 4.90 Å². The van der Waals surface area contributed by atoms with E-state index in [0.717, 1.165) is 25.7 Å². The van der Waals surface area contributed by atoms with Crippen LogP contribution < -0.4 is 9.47 Å². The number of carbonyl (C=O) groups excluding carboxylic acids is 1. The third-order valence-electron chi connectivity index (χ3n) is 3.68. The Morgan fingerprint density at radius 1 is 1.19 bits per heavy atom. The molecule has 0 aromatic heterocycles. The Hall–Kier alpha value is -0.980. The fourth-order valence-electron chi connectivity index (χ4n) is 2.15. The van der Waals surface area contributed by atoms with Gasteiger partial charge in [-0.3, -0.25) is 4.79 Å². The van der Waals surface area contributed by atoms with E-state index in [2.05, 4.69) is 4.74 Å². The maximum Gasteiger partial charge on any atom is 0.428 e. The van der Waals surface area contributed by atoms with Gasteiger partial charge in [0.05, 0.1) is 5.02 Å². The number of amides is 1. The summed E-state index contributed by atoms with van der Waals surface area (Å²) in [5.74, 6) is -0.358. The summed E-state index contributed by atoms with van der Waals surface area (Å²) in [6.45, 7) is 5.14. The molecule has 0 fully saturated rings. The van der Waals surface area contributed by atoms with Crippen LogP contribution in [0, 0.1) is 0 Å². The maximum atomic E-state index is 13.5. The van der Waals surface area contributed by atoms with E-state index in [9.17, 15) is 13.6 Å². The zero-order chi connectivity index (χ0) is 20.4. The first-order chi connectivity index (χ1) is 12.7. The maximum absolute atomic E-state index is 13.5. The fraction of sp³-hybridized carbons (Fsp3) is 0.611. The van der Waals surface area contributed by atoms with Gasteiger partial charge in [-0.25, -0.2) is 0 Å². The Bertz CT molecular complexity index is 595. The third-order valence-corrected chi connectivity index (χ3v) is 4.50. The average Bonchev–Trinajstić information content (AvgIpc) is 2.61. The second-order valence-electron chi connectivity index (χ2n) is 5.93. The lowest BCUT2D eigenvalue weighted by Crippen LogP contribution is -2.36. The predicted molar refractivity (Wildman–Crippen MR) is 104 cm³/mol. The van der Waals surface area contributed by atoms with Crippen LogP contribution in [0.25, 0.3) is 0 Å². The number of alkyl halides is 4. The van der Waals surface area contributed by atoms with Crippen LogP contribution in [-0.4, -0.2) is 41.4 Å². The standard InChI is InChI=1S/C18H24Cl3F2NO3/c1-3-5-9-24(10-6-4-2)16(25)12-26-15-11-13(7-8-14(15)19)27-18(22,23)17(20)21/h7-8,11,17H,3-6,9-10,12H2,1-2H3. The van der Waals surface area contributed by atoms with E-state index in [4.69, 9.17) is 39.5 Å². The van der Waals surface area contributed by atoms with Gasteiger partial charge in [0.1, 0.15) is 11.5 Å². The molecule has 0 saturated heterocycles. The van der Waals surface area contributed by atoms with E-state index < -0.39 is 10.9 Å². The van der Waals surface area contributed by atoms with Crippen LogP contribution in [0.3, 0.4) is 0 Å². The SMILES string of the molecule is CCCCN(CCCC)C(=O)COc1cc(OC(F)(F)C(Cl)Cl)ccc1Cl. The molecular formula is C18H24Cl3F2NO3. The molecule has 0 saturated carbocycles. The first-order valence-corrected chi connectivity index (χ1v) is 10.0. The topological polar surface area (TPSA) is 38.8 Å². The van der Waals surface area contributed by atoms with Crippen LogP contribution in [0.5, 0.6) is 11.5 Å². The van der Waals surface area contributed by atoms with Gasteiger partial charge in [0, 0.05) is 19.2 Å². The first-order valence-electron chi connectivity index (χ1n) is 8.76. The average molecular weight is 447 g/mol. The predicted octanol–water partition coefficient (Wildman–Crippen LogP) is 5.92. The number of hydrogen-bond donors (Lipinski definition) is 0. The lowest BCUT2D eigenvalue weighted by Gasteiger charge is -2.23. The van der Waals surface area contributed by atoms with Gasteiger partial charge in [0.2, 0.25) is 4.84 Å². The summed E-state index contributed by atoms with van der Waals surface area (Å²) in [5, 5.41) is 0.167. The number of hydrogen-bond acceptors (Lipinski definition) is 3. The van der Waals surface area contributed by atoms with Crippen molar-refractivity contribution < 1.29 is 23.0 Å². The van der Waals surface area contributed by atoms with Gasteiger partial charge >= 0.3 is 6.11 Å². The molecule has 0 N–H and O–H groups in total. The monoisotopic (exact) mass is 445 g/mol. The third kappa shape index (κ3) is 8.28. The van der Waals surface area contributed by atoms with Gasteiger partial charge in [0.25, 0.3) is 5.91 Å². The van der Waals surface area contributed by atoms with E-state index in [-0.39, 0.29) is 29.0 Å². The molecule has 0 aliphatic carbocycles. The van der Waals surface area contributed by atoms with Crippen LogP contribution >= 0.6 is 34.8 Å². The molecule has 0 aliphatic heterocycles. The summed E-state index contributed by atoms with van der Waals surface area (Å²) in [7, 11) is 0. The van der Waals surface area contributed by atoms with Crippen molar-refractivity contribution >= 4 is 40.7 Å². The van der Waals surface area contributed by atoms with Crippen LogP contribution in [0.2, 0.25) is 5.02 Å². The Kier molecular flexibility index (Phi) is 10.5. The lowest BCUT2D eigenvalue weighted by atomic mass is 10.2. The van der Waals surface area contributed by atoms with Crippen molar-refractivity contribution in [2.75, 3.05) is 19.7 Å². The largest absolute Gasteiger partial charge is 0.482 e. The number of carbonyl (C=O) groups is 1. The van der Waals surface area contributed by atoms with Crippen LogP contribution in [0.4, 0.5) is 8.78 Å². The quantitative estimate of drug-likeness (QED) is 0.374. The highest BCUT2D eigenvalue weighted by atomic mass is 35.5. The summed E-state index contributed by atoms with van der Waals surface area (Å²) >= 11 is 16.4. The number of nitrogens with zero attached hydrogens (tertiary/aromatic N) is 1. The molecule has 1 rings (SSSR count). The molecule has 27 heavy (non-hydrogen) atoms. The van der Waals surface area contributed by atoms with E-state index >= 15 is 0 Å².